The predicted octanol–water partition coefficient (Wildman–Crippen LogP) is 1.26. The lowest BCUT2D eigenvalue weighted by Gasteiger charge is -2.37. The van der Waals surface area contributed by atoms with Gasteiger partial charge in [0.2, 0.25) is 0 Å². The summed E-state index contributed by atoms with van der Waals surface area (Å²) in [5, 5.41) is 0. The fourth-order valence-corrected chi connectivity index (χ4v) is 2.79. The minimum Gasteiger partial charge on any atom is -0.397 e. The minimum absolute atomic E-state index is 0.0704. The zero-order valence-corrected chi connectivity index (χ0v) is 13.5. The summed E-state index contributed by atoms with van der Waals surface area (Å²) in [7, 11) is 3.57. The highest BCUT2D eigenvalue weighted by molar-refractivity contribution is 5.74. The second kappa shape index (κ2) is 6.20. The van der Waals surface area contributed by atoms with Gasteiger partial charge in [0, 0.05) is 58.4 Å². The number of rotatable bonds is 2. The van der Waals surface area contributed by atoms with Crippen LogP contribution in [0, 0.1) is 0 Å². The number of urea groups is 1. The van der Waals surface area contributed by atoms with Crippen molar-refractivity contribution >= 4 is 17.4 Å². The van der Waals surface area contributed by atoms with Gasteiger partial charge in [-0.3, -0.25) is 0 Å². The van der Waals surface area contributed by atoms with Gasteiger partial charge in [0.05, 0.1) is 17.7 Å². The van der Waals surface area contributed by atoms with Crippen molar-refractivity contribution < 1.29 is 4.79 Å². The van der Waals surface area contributed by atoms with E-state index in [9.17, 15) is 4.79 Å². The molecule has 0 aliphatic carbocycles. The molecule has 0 spiro atoms. The maximum Gasteiger partial charge on any atom is 0.319 e. The molecule has 2 aromatic rings. The minimum atomic E-state index is 0.0704. The first-order chi connectivity index (χ1) is 11.1. The molecule has 2 N–H and O–H groups in total. The Labute approximate surface area is 135 Å². The quantitative estimate of drug-likeness (QED) is 0.847. The Morgan fingerprint density at radius 2 is 1.96 bits per heavy atom. The molecule has 1 fully saturated rings. The Morgan fingerprint density at radius 3 is 2.57 bits per heavy atom. The van der Waals surface area contributed by atoms with Crippen LogP contribution in [0.2, 0.25) is 0 Å². The van der Waals surface area contributed by atoms with E-state index >= 15 is 0 Å². The Morgan fingerprint density at radius 1 is 1.22 bits per heavy atom. The van der Waals surface area contributed by atoms with Crippen LogP contribution in [0.25, 0.3) is 5.69 Å². The molecule has 0 unspecified atom stereocenters. The van der Waals surface area contributed by atoms with Gasteiger partial charge >= 0.3 is 6.03 Å². The summed E-state index contributed by atoms with van der Waals surface area (Å²) < 4.78 is 1.91. The normalized spacial score (nSPS) is 14.9. The van der Waals surface area contributed by atoms with Crippen LogP contribution < -0.4 is 10.6 Å². The van der Waals surface area contributed by atoms with Crippen LogP contribution in [-0.4, -0.2) is 65.7 Å². The maximum atomic E-state index is 12.0. The number of amides is 2. The second-order valence-corrected chi connectivity index (χ2v) is 5.86. The van der Waals surface area contributed by atoms with Gasteiger partial charge in [0.1, 0.15) is 0 Å². The number of aromatic nitrogens is 2. The number of benzene rings is 1. The van der Waals surface area contributed by atoms with E-state index in [1.165, 1.54) is 0 Å². The summed E-state index contributed by atoms with van der Waals surface area (Å²) in [5.74, 6) is 0. The highest BCUT2D eigenvalue weighted by atomic mass is 16.2. The van der Waals surface area contributed by atoms with Gasteiger partial charge in [0.25, 0.3) is 0 Å². The van der Waals surface area contributed by atoms with E-state index in [4.69, 9.17) is 5.73 Å². The molecule has 7 heteroatoms. The summed E-state index contributed by atoms with van der Waals surface area (Å²) in [5.41, 5.74) is 8.83. The summed E-state index contributed by atoms with van der Waals surface area (Å²) in [6, 6.07) is 6.09. The molecule has 2 amide bonds. The van der Waals surface area contributed by atoms with Gasteiger partial charge in [-0.1, -0.05) is 0 Å². The van der Waals surface area contributed by atoms with E-state index in [0.717, 1.165) is 37.6 Å². The number of carbonyl (C=O) groups is 1. The number of hydrogen-bond donors (Lipinski definition) is 1. The fourth-order valence-electron chi connectivity index (χ4n) is 2.79. The SMILES string of the molecule is CN(C)C(=O)N1CCN(c2ccc(N)c(-n3ccnc3)c2)CC1. The van der Waals surface area contributed by atoms with Crippen LogP contribution in [0.5, 0.6) is 0 Å². The van der Waals surface area contributed by atoms with Crippen molar-refractivity contribution in [3.63, 3.8) is 0 Å². The van der Waals surface area contributed by atoms with Crippen LogP contribution in [0.1, 0.15) is 0 Å². The van der Waals surface area contributed by atoms with E-state index in [1.54, 1.807) is 31.5 Å². The van der Waals surface area contributed by atoms with Crippen molar-refractivity contribution in [2.75, 3.05) is 50.9 Å². The first-order valence-electron chi connectivity index (χ1n) is 7.65. The van der Waals surface area contributed by atoms with E-state index in [-0.39, 0.29) is 6.03 Å². The number of nitrogen functional groups attached to an aromatic ring is 1. The van der Waals surface area contributed by atoms with Crippen LogP contribution in [-0.2, 0) is 0 Å². The molecule has 1 aliphatic heterocycles. The Hall–Kier alpha value is -2.70. The maximum absolute atomic E-state index is 12.0. The number of nitrogens with two attached hydrogens (primary N) is 1. The highest BCUT2D eigenvalue weighted by Gasteiger charge is 2.22. The van der Waals surface area contributed by atoms with Crippen molar-refractivity contribution in [1.82, 2.24) is 19.4 Å². The largest absolute Gasteiger partial charge is 0.397 e. The van der Waals surface area contributed by atoms with Crippen LogP contribution >= 0.6 is 0 Å². The van der Waals surface area contributed by atoms with Gasteiger partial charge in [-0.2, -0.15) is 0 Å². The topological polar surface area (TPSA) is 70.6 Å². The molecule has 0 saturated carbocycles. The summed E-state index contributed by atoms with van der Waals surface area (Å²) in [6.07, 6.45) is 5.35. The molecule has 2 heterocycles. The van der Waals surface area contributed by atoms with E-state index < -0.39 is 0 Å². The summed E-state index contributed by atoms with van der Waals surface area (Å²) in [4.78, 5) is 21.9. The average molecular weight is 314 g/mol. The molecule has 0 bridgehead atoms. The molecule has 0 radical (unpaired) electrons. The summed E-state index contributed by atoms with van der Waals surface area (Å²) in [6.45, 7) is 3.07. The van der Waals surface area contributed by atoms with Crippen LogP contribution in [0.3, 0.4) is 0 Å². The number of hydrogen-bond acceptors (Lipinski definition) is 4. The summed E-state index contributed by atoms with van der Waals surface area (Å²) >= 11 is 0. The predicted molar refractivity (Wildman–Crippen MR) is 90.8 cm³/mol. The third-order valence-electron chi connectivity index (χ3n) is 4.09. The van der Waals surface area contributed by atoms with Gasteiger partial charge in [0.15, 0.2) is 0 Å². The molecular weight excluding hydrogens is 292 g/mol. The van der Waals surface area contributed by atoms with E-state index in [2.05, 4.69) is 16.0 Å². The average Bonchev–Trinajstić information content (AvgIpc) is 3.09. The van der Waals surface area contributed by atoms with Crippen molar-refractivity contribution in [1.29, 1.82) is 0 Å². The van der Waals surface area contributed by atoms with E-state index in [0.29, 0.717) is 5.69 Å². The van der Waals surface area contributed by atoms with E-state index in [1.807, 2.05) is 27.8 Å². The molecule has 1 aliphatic rings. The first-order valence-corrected chi connectivity index (χ1v) is 7.65. The Kier molecular flexibility index (Phi) is 4.10. The lowest BCUT2D eigenvalue weighted by molar-refractivity contribution is 0.168. The fraction of sp³-hybridized carbons (Fsp3) is 0.375. The number of nitrogens with zero attached hydrogens (tertiary/aromatic N) is 5. The van der Waals surface area contributed by atoms with Crippen LogP contribution in [0.15, 0.2) is 36.9 Å². The second-order valence-electron chi connectivity index (χ2n) is 5.86. The standard InChI is InChI=1S/C16H22N6O/c1-19(2)16(23)21-9-7-20(8-10-21)13-3-4-14(17)15(11-13)22-6-5-18-12-22/h3-6,11-12H,7-10,17H2,1-2H3. The Balaban J connectivity index is 1.74. The van der Waals surface area contributed by atoms with Crippen molar-refractivity contribution in [2.24, 2.45) is 0 Å². The van der Waals surface area contributed by atoms with Crippen molar-refractivity contribution in [3.05, 3.63) is 36.9 Å². The van der Waals surface area contributed by atoms with Crippen molar-refractivity contribution in [2.45, 2.75) is 0 Å². The van der Waals surface area contributed by atoms with Gasteiger partial charge in [-0.05, 0) is 18.2 Å². The monoisotopic (exact) mass is 314 g/mol. The lowest BCUT2D eigenvalue weighted by Crippen LogP contribution is -2.51. The number of imidazole rings is 1. The molecule has 122 valence electrons. The smallest absolute Gasteiger partial charge is 0.319 e. The molecule has 23 heavy (non-hydrogen) atoms. The number of carbonyl (C=O) groups excluding carboxylic acids is 1. The molecular formula is C16H22N6O. The third-order valence-corrected chi connectivity index (χ3v) is 4.09. The van der Waals surface area contributed by atoms with Gasteiger partial charge in [-0.15, -0.1) is 0 Å². The molecule has 1 aromatic carbocycles. The molecule has 0 atom stereocenters. The van der Waals surface area contributed by atoms with Gasteiger partial charge in [-0.25, -0.2) is 9.78 Å². The van der Waals surface area contributed by atoms with Crippen LogP contribution in [0.4, 0.5) is 16.2 Å². The van der Waals surface area contributed by atoms with Gasteiger partial charge < -0.3 is 25.0 Å². The molecule has 3 rings (SSSR count). The zero-order valence-electron chi connectivity index (χ0n) is 13.5. The molecule has 1 saturated heterocycles. The molecule has 7 nitrogen and oxygen atoms in total. The van der Waals surface area contributed by atoms with Crippen molar-refractivity contribution in [3.8, 4) is 5.69 Å². The number of anilines is 2. The number of piperazine rings is 1. The first kappa shape index (κ1) is 15.2. The third kappa shape index (κ3) is 3.08. The molecule has 1 aromatic heterocycles. The zero-order chi connectivity index (χ0) is 16.4. The lowest BCUT2D eigenvalue weighted by atomic mass is 10.2. The highest BCUT2D eigenvalue weighted by Crippen LogP contribution is 2.25. The Bertz CT molecular complexity index is 674.